The summed E-state index contributed by atoms with van der Waals surface area (Å²) in [5.74, 6) is 7.02. The smallest absolute Gasteiger partial charge is 0.208 e. The highest BCUT2D eigenvalue weighted by atomic mass is 15.4. The first-order chi connectivity index (χ1) is 6.20. The number of aliphatic imine (C=N–C) groups is 1. The van der Waals surface area contributed by atoms with E-state index < -0.39 is 0 Å². The number of nitrogens with two attached hydrogens (primary N) is 1. The molecule has 1 aliphatic carbocycles. The Hall–Kier alpha value is -0.770. The van der Waals surface area contributed by atoms with Crippen molar-refractivity contribution in [1.82, 2.24) is 10.3 Å². The molecule has 1 atom stereocenters. The van der Waals surface area contributed by atoms with E-state index in [1.165, 1.54) is 12.8 Å². The molecule has 0 radical (unpaired) electrons. The van der Waals surface area contributed by atoms with Crippen molar-refractivity contribution in [3.05, 3.63) is 0 Å². The minimum Gasteiger partial charge on any atom is -0.342 e. The first kappa shape index (κ1) is 10.3. The van der Waals surface area contributed by atoms with Gasteiger partial charge in [-0.15, -0.1) is 0 Å². The predicted molar refractivity (Wildman–Crippen MR) is 55.2 cm³/mol. The molecule has 0 heterocycles. The number of hydrogen-bond donors (Lipinski definition) is 2. The molecule has 1 saturated carbocycles. The molecule has 13 heavy (non-hydrogen) atoms. The number of rotatable bonds is 3. The number of hydrogen-bond acceptors (Lipinski definition) is 2. The Labute approximate surface area is 80.2 Å². The van der Waals surface area contributed by atoms with E-state index in [4.69, 9.17) is 5.84 Å². The van der Waals surface area contributed by atoms with Crippen molar-refractivity contribution >= 4 is 5.96 Å². The van der Waals surface area contributed by atoms with Gasteiger partial charge in [-0.1, -0.05) is 0 Å². The lowest BCUT2D eigenvalue weighted by atomic mass is 10.2. The molecule has 0 aliphatic heterocycles. The Bertz CT molecular complexity index is 186. The van der Waals surface area contributed by atoms with Crippen LogP contribution in [-0.4, -0.2) is 30.5 Å². The van der Waals surface area contributed by atoms with Crippen LogP contribution in [0.3, 0.4) is 0 Å². The zero-order valence-electron chi connectivity index (χ0n) is 8.75. The van der Waals surface area contributed by atoms with E-state index in [1.807, 2.05) is 14.0 Å². The fraction of sp³-hybridized carbons (Fsp3) is 0.889. The maximum absolute atomic E-state index is 5.40. The molecule has 0 aromatic carbocycles. The van der Waals surface area contributed by atoms with Gasteiger partial charge in [0.2, 0.25) is 5.96 Å². The fourth-order valence-electron chi connectivity index (χ4n) is 1.50. The summed E-state index contributed by atoms with van der Waals surface area (Å²) in [5, 5.41) is 0. The van der Waals surface area contributed by atoms with E-state index in [-0.39, 0.29) is 0 Å². The van der Waals surface area contributed by atoms with E-state index in [2.05, 4.69) is 22.2 Å². The van der Waals surface area contributed by atoms with Gasteiger partial charge in [-0.25, -0.2) is 5.84 Å². The number of hydrazine groups is 1. The summed E-state index contributed by atoms with van der Waals surface area (Å²) >= 11 is 0. The Kier molecular flexibility index (Phi) is 3.54. The van der Waals surface area contributed by atoms with Gasteiger partial charge in [-0.2, -0.15) is 0 Å². The molecular weight excluding hydrogens is 164 g/mol. The van der Waals surface area contributed by atoms with Gasteiger partial charge >= 0.3 is 0 Å². The lowest BCUT2D eigenvalue weighted by Crippen LogP contribution is -2.47. The molecular formula is C9H20N4. The van der Waals surface area contributed by atoms with Gasteiger partial charge < -0.3 is 4.90 Å². The van der Waals surface area contributed by atoms with Crippen LogP contribution in [0.1, 0.15) is 26.7 Å². The average molecular weight is 184 g/mol. The molecule has 1 fully saturated rings. The minimum absolute atomic E-state index is 0.543. The summed E-state index contributed by atoms with van der Waals surface area (Å²) in [6.07, 6.45) is 2.69. The summed E-state index contributed by atoms with van der Waals surface area (Å²) in [6, 6.07) is 0.543. The SMILES string of the molecule is CCN=C(NN)N(C)C(C)C1CC1. The van der Waals surface area contributed by atoms with Crippen LogP contribution in [0.25, 0.3) is 0 Å². The van der Waals surface area contributed by atoms with E-state index in [0.29, 0.717) is 6.04 Å². The molecule has 0 aromatic heterocycles. The molecule has 76 valence electrons. The molecule has 1 rings (SSSR count). The fourth-order valence-corrected chi connectivity index (χ4v) is 1.50. The second-order valence-corrected chi connectivity index (χ2v) is 3.63. The monoisotopic (exact) mass is 184 g/mol. The van der Waals surface area contributed by atoms with Gasteiger partial charge in [0.05, 0.1) is 0 Å². The standard InChI is InChI=1S/C9H20N4/c1-4-11-9(12-10)13(3)7(2)8-5-6-8/h7-8H,4-6,10H2,1-3H3,(H,11,12). The summed E-state index contributed by atoms with van der Waals surface area (Å²) in [5.41, 5.74) is 2.64. The highest BCUT2D eigenvalue weighted by Gasteiger charge is 2.31. The second-order valence-electron chi connectivity index (χ2n) is 3.63. The van der Waals surface area contributed by atoms with Gasteiger partial charge in [-0.3, -0.25) is 10.4 Å². The first-order valence-corrected chi connectivity index (χ1v) is 4.94. The maximum atomic E-state index is 5.40. The Morgan fingerprint density at radius 2 is 2.31 bits per heavy atom. The molecule has 0 spiro atoms. The lowest BCUT2D eigenvalue weighted by molar-refractivity contribution is 0.342. The highest BCUT2D eigenvalue weighted by molar-refractivity contribution is 5.79. The Morgan fingerprint density at radius 3 is 2.69 bits per heavy atom. The van der Waals surface area contributed by atoms with Crippen LogP contribution in [-0.2, 0) is 0 Å². The zero-order chi connectivity index (χ0) is 9.84. The first-order valence-electron chi connectivity index (χ1n) is 4.94. The minimum atomic E-state index is 0.543. The molecule has 1 aliphatic rings. The molecule has 0 amide bonds. The third-order valence-electron chi connectivity index (χ3n) is 2.69. The van der Waals surface area contributed by atoms with Gasteiger partial charge in [0.25, 0.3) is 0 Å². The van der Waals surface area contributed by atoms with Crippen molar-refractivity contribution in [2.75, 3.05) is 13.6 Å². The zero-order valence-corrected chi connectivity index (χ0v) is 8.75. The molecule has 1 unspecified atom stereocenters. The number of guanidine groups is 1. The van der Waals surface area contributed by atoms with Crippen molar-refractivity contribution in [2.45, 2.75) is 32.7 Å². The largest absolute Gasteiger partial charge is 0.342 e. The summed E-state index contributed by atoms with van der Waals surface area (Å²) in [7, 11) is 2.04. The van der Waals surface area contributed by atoms with Crippen LogP contribution in [0.5, 0.6) is 0 Å². The van der Waals surface area contributed by atoms with Gasteiger partial charge in [0.1, 0.15) is 0 Å². The Balaban J connectivity index is 2.51. The van der Waals surface area contributed by atoms with Gasteiger partial charge in [0.15, 0.2) is 0 Å². The van der Waals surface area contributed by atoms with E-state index in [0.717, 1.165) is 18.4 Å². The van der Waals surface area contributed by atoms with Crippen LogP contribution in [0.2, 0.25) is 0 Å². The Morgan fingerprint density at radius 1 is 1.69 bits per heavy atom. The van der Waals surface area contributed by atoms with Crippen LogP contribution in [0, 0.1) is 5.92 Å². The van der Waals surface area contributed by atoms with Crippen molar-refractivity contribution in [1.29, 1.82) is 0 Å². The van der Waals surface area contributed by atoms with Crippen LogP contribution in [0.4, 0.5) is 0 Å². The molecule has 3 N–H and O–H groups in total. The van der Waals surface area contributed by atoms with Crippen molar-refractivity contribution in [3.8, 4) is 0 Å². The summed E-state index contributed by atoms with van der Waals surface area (Å²) in [6.45, 7) is 4.99. The second kappa shape index (κ2) is 4.46. The van der Waals surface area contributed by atoms with Crippen LogP contribution < -0.4 is 11.3 Å². The van der Waals surface area contributed by atoms with Crippen LogP contribution >= 0.6 is 0 Å². The molecule has 4 heteroatoms. The normalized spacial score (nSPS) is 19.8. The van der Waals surface area contributed by atoms with Crippen molar-refractivity contribution in [2.24, 2.45) is 16.8 Å². The molecule has 0 aromatic rings. The third-order valence-corrected chi connectivity index (χ3v) is 2.69. The third kappa shape index (κ3) is 2.59. The molecule has 0 saturated heterocycles. The average Bonchev–Trinajstić information content (AvgIpc) is 2.95. The topological polar surface area (TPSA) is 53.6 Å². The predicted octanol–water partition coefficient (Wildman–Crippen LogP) is 0.556. The van der Waals surface area contributed by atoms with E-state index >= 15 is 0 Å². The maximum Gasteiger partial charge on any atom is 0.208 e. The molecule has 0 bridgehead atoms. The summed E-state index contributed by atoms with van der Waals surface area (Å²) in [4.78, 5) is 6.41. The summed E-state index contributed by atoms with van der Waals surface area (Å²) < 4.78 is 0. The lowest BCUT2D eigenvalue weighted by Gasteiger charge is -2.27. The van der Waals surface area contributed by atoms with E-state index in [9.17, 15) is 0 Å². The highest BCUT2D eigenvalue weighted by Crippen LogP contribution is 2.34. The van der Waals surface area contributed by atoms with Crippen molar-refractivity contribution in [3.63, 3.8) is 0 Å². The van der Waals surface area contributed by atoms with Gasteiger partial charge in [0, 0.05) is 19.6 Å². The van der Waals surface area contributed by atoms with Crippen molar-refractivity contribution < 1.29 is 0 Å². The van der Waals surface area contributed by atoms with Crippen LogP contribution in [0.15, 0.2) is 4.99 Å². The molecule has 4 nitrogen and oxygen atoms in total. The quantitative estimate of drug-likeness (QED) is 0.291. The van der Waals surface area contributed by atoms with Gasteiger partial charge in [-0.05, 0) is 32.6 Å². The number of nitrogens with one attached hydrogen (secondary N) is 1. The number of nitrogens with zero attached hydrogens (tertiary/aromatic N) is 2. The van der Waals surface area contributed by atoms with E-state index in [1.54, 1.807) is 0 Å².